The maximum absolute atomic E-state index is 6.28. The highest BCUT2D eigenvalue weighted by Crippen LogP contribution is 2.37. The van der Waals surface area contributed by atoms with Crippen LogP contribution in [0, 0.1) is 13.8 Å². The van der Waals surface area contributed by atoms with Gasteiger partial charge in [0.15, 0.2) is 0 Å². The van der Waals surface area contributed by atoms with Crippen LogP contribution in [-0.2, 0) is 0 Å². The third-order valence-corrected chi connectivity index (χ3v) is 4.84. The van der Waals surface area contributed by atoms with E-state index < -0.39 is 0 Å². The Hall–Kier alpha value is -0.900. The van der Waals surface area contributed by atoms with Crippen molar-refractivity contribution < 1.29 is 0 Å². The monoisotopic (exact) mass is 340 g/mol. The zero-order chi connectivity index (χ0) is 15.4. The topological polar surface area (TPSA) is 24.9 Å². The predicted octanol–water partition coefficient (Wildman–Crippen LogP) is 5.98. The van der Waals surface area contributed by atoms with E-state index in [-0.39, 0.29) is 0 Å². The number of anilines is 1. The van der Waals surface area contributed by atoms with E-state index in [0.717, 1.165) is 22.9 Å². The Morgan fingerprint density at radius 1 is 1.14 bits per heavy atom. The molecule has 0 aliphatic heterocycles. The van der Waals surface area contributed by atoms with Crippen molar-refractivity contribution in [2.24, 2.45) is 0 Å². The maximum atomic E-state index is 6.28. The summed E-state index contributed by atoms with van der Waals surface area (Å²) in [5, 5.41) is 5.13. The number of hydrogen-bond acceptors (Lipinski definition) is 3. The Morgan fingerprint density at radius 2 is 1.90 bits per heavy atom. The highest BCUT2D eigenvalue weighted by molar-refractivity contribution is 7.99. The first-order valence-corrected chi connectivity index (χ1v) is 8.43. The van der Waals surface area contributed by atoms with Gasteiger partial charge in [-0.3, -0.25) is 0 Å². The molecule has 5 heteroatoms. The van der Waals surface area contributed by atoms with Crippen LogP contribution in [-0.4, -0.2) is 11.5 Å². The van der Waals surface area contributed by atoms with Gasteiger partial charge in [-0.2, -0.15) is 0 Å². The number of nitrogens with zero attached hydrogens (tertiary/aromatic N) is 1. The van der Waals surface area contributed by atoms with Gasteiger partial charge in [0.1, 0.15) is 10.8 Å². The van der Waals surface area contributed by atoms with Crippen LogP contribution in [0.15, 0.2) is 34.2 Å². The lowest BCUT2D eigenvalue weighted by Gasteiger charge is -2.11. The smallest absolute Gasteiger partial charge is 0.146 e. The van der Waals surface area contributed by atoms with Crippen molar-refractivity contribution in [3.8, 4) is 0 Å². The molecule has 1 N–H and O–H groups in total. The van der Waals surface area contributed by atoms with Gasteiger partial charge in [-0.25, -0.2) is 4.98 Å². The van der Waals surface area contributed by atoms with Crippen molar-refractivity contribution in [3.05, 3.63) is 45.4 Å². The number of pyridine rings is 1. The second-order valence-corrected chi connectivity index (χ2v) is 6.75. The normalized spacial score (nSPS) is 10.7. The van der Waals surface area contributed by atoms with Crippen molar-refractivity contribution in [1.29, 1.82) is 0 Å². The third-order valence-electron chi connectivity index (χ3n) is 2.99. The van der Waals surface area contributed by atoms with E-state index in [9.17, 15) is 0 Å². The third kappa shape index (κ3) is 4.29. The molecule has 0 fully saturated rings. The number of halogens is 2. The molecule has 0 radical (unpaired) electrons. The Balaban J connectivity index is 2.32. The molecular formula is C16H18Cl2N2S. The molecule has 2 aromatic rings. The lowest BCUT2D eigenvalue weighted by Crippen LogP contribution is -2.03. The lowest BCUT2D eigenvalue weighted by atomic mass is 10.2. The van der Waals surface area contributed by atoms with E-state index in [1.807, 2.05) is 0 Å². The number of hydrogen-bond donors (Lipinski definition) is 1. The largest absolute Gasteiger partial charge is 0.369 e. The van der Waals surface area contributed by atoms with Gasteiger partial charge in [0.2, 0.25) is 0 Å². The number of nitrogens with one attached hydrogen (secondary N) is 1. The maximum Gasteiger partial charge on any atom is 0.146 e. The van der Waals surface area contributed by atoms with E-state index in [2.05, 4.69) is 49.3 Å². The molecule has 0 spiro atoms. The molecule has 0 bridgehead atoms. The molecule has 21 heavy (non-hydrogen) atoms. The molecule has 0 unspecified atom stereocenters. The molecule has 0 aliphatic rings. The summed E-state index contributed by atoms with van der Waals surface area (Å²) < 4.78 is 0. The van der Waals surface area contributed by atoms with Crippen LogP contribution in [0.2, 0.25) is 10.0 Å². The average Bonchev–Trinajstić information content (AvgIpc) is 2.44. The molecule has 0 amide bonds. The van der Waals surface area contributed by atoms with Gasteiger partial charge in [0.25, 0.3) is 0 Å². The molecule has 0 saturated heterocycles. The van der Waals surface area contributed by atoms with Crippen LogP contribution in [0.25, 0.3) is 0 Å². The zero-order valence-corrected chi connectivity index (χ0v) is 14.7. The molecule has 1 aromatic heterocycles. The summed E-state index contributed by atoms with van der Waals surface area (Å²) in [4.78, 5) is 5.72. The second-order valence-electron chi connectivity index (χ2n) is 4.90. The second kappa shape index (κ2) is 7.39. The van der Waals surface area contributed by atoms with Crippen LogP contribution < -0.4 is 5.32 Å². The quantitative estimate of drug-likeness (QED) is 0.724. The highest BCUT2D eigenvalue weighted by Gasteiger charge is 2.12. The molecular weight excluding hydrogens is 323 g/mol. The summed E-state index contributed by atoms with van der Waals surface area (Å²) in [6.07, 6.45) is 1.01. The lowest BCUT2D eigenvalue weighted by molar-refractivity contribution is 0.960. The Bertz CT molecular complexity index is 644. The van der Waals surface area contributed by atoms with Crippen LogP contribution >= 0.6 is 35.0 Å². The molecule has 0 aliphatic carbocycles. The first-order valence-electron chi connectivity index (χ1n) is 6.86. The van der Waals surface area contributed by atoms with Crippen molar-refractivity contribution in [1.82, 2.24) is 4.98 Å². The Kier molecular flexibility index (Phi) is 5.80. The molecule has 2 nitrogen and oxygen atoms in total. The van der Waals surface area contributed by atoms with Gasteiger partial charge in [0, 0.05) is 11.4 Å². The van der Waals surface area contributed by atoms with Gasteiger partial charge in [-0.15, -0.1) is 0 Å². The van der Waals surface area contributed by atoms with Gasteiger partial charge in [-0.1, -0.05) is 54.0 Å². The first kappa shape index (κ1) is 16.5. The van der Waals surface area contributed by atoms with Gasteiger partial charge < -0.3 is 5.32 Å². The predicted molar refractivity (Wildman–Crippen MR) is 93.1 cm³/mol. The fourth-order valence-corrected chi connectivity index (χ4v) is 3.33. The number of aromatic nitrogens is 1. The van der Waals surface area contributed by atoms with Gasteiger partial charge in [-0.05, 0) is 43.5 Å². The number of benzene rings is 1. The van der Waals surface area contributed by atoms with Gasteiger partial charge in [0.05, 0.1) is 10.0 Å². The molecule has 0 saturated carbocycles. The summed E-state index contributed by atoms with van der Waals surface area (Å²) >= 11 is 14.0. The number of rotatable bonds is 5. The van der Waals surface area contributed by atoms with E-state index in [1.54, 1.807) is 17.8 Å². The molecule has 0 atom stereocenters. The van der Waals surface area contributed by atoms with Gasteiger partial charge >= 0.3 is 0 Å². The van der Waals surface area contributed by atoms with Crippen molar-refractivity contribution >= 4 is 40.8 Å². The molecule has 112 valence electrons. The van der Waals surface area contributed by atoms with E-state index in [4.69, 9.17) is 23.2 Å². The molecule has 2 rings (SSSR count). The van der Waals surface area contributed by atoms with E-state index in [0.29, 0.717) is 15.9 Å². The number of aryl methyl sites for hydroxylation is 2. The summed E-state index contributed by atoms with van der Waals surface area (Å²) in [7, 11) is 0. The Labute approximate surface area is 140 Å². The van der Waals surface area contributed by atoms with Crippen LogP contribution in [0.3, 0.4) is 0 Å². The summed E-state index contributed by atoms with van der Waals surface area (Å²) in [5.74, 6) is 0.690. The molecule has 1 aromatic carbocycles. The zero-order valence-electron chi connectivity index (χ0n) is 12.3. The first-order chi connectivity index (χ1) is 10.0. The summed E-state index contributed by atoms with van der Waals surface area (Å²) in [5.41, 5.74) is 2.43. The van der Waals surface area contributed by atoms with Crippen molar-refractivity contribution in [2.75, 3.05) is 11.9 Å². The standard InChI is InChI=1S/C16H18Cl2N2S/c1-4-7-19-15-12(17)9-13(18)16(20-15)21-14-8-10(2)5-6-11(14)3/h5-6,8-9H,4,7H2,1-3H3,(H,19,20). The molecule has 1 heterocycles. The highest BCUT2D eigenvalue weighted by atomic mass is 35.5. The van der Waals surface area contributed by atoms with E-state index >= 15 is 0 Å². The fraction of sp³-hybridized carbons (Fsp3) is 0.312. The summed E-state index contributed by atoms with van der Waals surface area (Å²) in [6.45, 7) is 7.10. The Morgan fingerprint density at radius 3 is 2.62 bits per heavy atom. The van der Waals surface area contributed by atoms with Crippen molar-refractivity contribution in [2.45, 2.75) is 37.1 Å². The summed E-state index contributed by atoms with van der Waals surface area (Å²) in [6, 6.07) is 8.11. The fourth-order valence-electron chi connectivity index (χ4n) is 1.81. The van der Waals surface area contributed by atoms with E-state index in [1.165, 1.54) is 11.1 Å². The average molecular weight is 341 g/mol. The van der Waals surface area contributed by atoms with Crippen molar-refractivity contribution in [3.63, 3.8) is 0 Å². The SMILES string of the molecule is CCCNc1nc(Sc2cc(C)ccc2C)c(Cl)cc1Cl. The van der Waals surface area contributed by atoms with Crippen LogP contribution in [0.1, 0.15) is 24.5 Å². The van der Waals surface area contributed by atoms with Crippen LogP contribution in [0.5, 0.6) is 0 Å². The minimum Gasteiger partial charge on any atom is -0.369 e. The van der Waals surface area contributed by atoms with Crippen LogP contribution in [0.4, 0.5) is 5.82 Å². The minimum atomic E-state index is 0.554. The minimum absolute atomic E-state index is 0.554.